The number of hydrogen-bond donors (Lipinski definition) is 2. The Labute approximate surface area is 192 Å². The fourth-order valence-electron chi connectivity index (χ4n) is 5.73. The van der Waals surface area contributed by atoms with Crippen LogP contribution in [0.2, 0.25) is 0 Å². The quantitative estimate of drug-likeness (QED) is 0.507. The second-order valence-corrected chi connectivity index (χ2v) is 9.36. The molecule has 1 spiro atoms. The van der Waals surface area contributed by atoms with Gasteiger partial charge < -0.3 is 15.7 Å². The van der Waals surface area contributed by atoms with Crippen LogP contribution in [-0.2, 0) is 13.0 Å². The minimum absolute atomic E-state index is 0.0139. The molecule has 0 radical (unpaired) electrons. The Bertz CT molecular complexity index is 1320. The number of hydrogen-bond acceptors (Lipinski definition) is 6. The lowest BCUT2D eigenvalue weighted by Crippen LogP contribution is -2.44. The largest absolute Gasteiger partial charge is 0.390 e. The van der Waals surface area contributed by atoms with Gasteiger partial charge in [-0.2, -0.15) is 5.10 Å². The van der Waals surface area contributed by atoms with E-state index in [1.54, 1.807) is 0 Å². The molecule has 3 aromatic heterocycles. The fourth-order valence-corrected chi connectivity index (χ4v) is 5.73. The van der Waals surface area contributed by atoms with Crippen LogP contribution in [-0.4, -0.2) is 37.8 Å². The van der Waals surface area contributed by atoms with E-state index in [1.807, 2.05) is 35.0 Å². The molecule has 4 heterocycles. The maximum Gasteiger partial charge on any atom is 0.155 e. The molecule has 0 saturated carbocycles. The van der Waals surface area contributed by atoms with Crippen molar-refractivity contribution in [2.45, 2.75) is 38.8 Å². The predicted octanol–water partition coefficient (Wildman–Crippen LogP) is 3.43. The number of benzene rings is 1. The van der Waals surface area contributed by atoms with Gasteiger partial charge in [-0.25, -0.2) is 9.50 Å². The number of piperidine rings is 1. The van der Waals surface area contributed by atoms with Crippen molar-refractivity contribution in [3.8, 4) is 11.3 Å². The highest BCUT2D eigenvalue weighted by Crippen LogP contribution is 2.50. The zero-order valence-electron chi connectivity index (χ0n) is 18.8. The number of anilines is 1. The van der Waals surface area contributed by atoms with E-state index >= 15 is 0 Å². The van der Waals surface area contributed by atoms with Gasteiger partial charge in [0.05, 0.1) is 29.9 Å². The van der Waals surface area contributed by atoms with Gasteiger partial charge in [-0.05, 0) is 49.3 Å². The first-order valence-corrected chi connectivity index (χ1v) is 11.6. The van der Waals surface area contributed by atoms with E-state index in [2.05, 4.69) is 46.2 Å². The first-order chi connectivity index (χ1) is 16.1. The minimum Gasteiger partial charge on any atom is -0.390 e. The predicted molar refractivity (Wildman–Crippen MR) is 128 cm³/mol. The van der Waals surface area contributed by atoms with Crippen LogP contribution in [0.5, 0.6) is 0 Å². The molecule has 0 unspecified atom stereocenters. The molecule has 0 bridgehead atoms. The summed E-state index contributed by atoms with van der Waals surface area (Å²) < 4.78 is 2.02. The molecule has 3 N–H and O–H groups in total. The average Bonchev–Trinajstić information content (AvgIpc) is 3.43. The molecular formula is C26H28N6O. The molecule has 1 saturated heterocycles. The molecule has 1 aliphatic heterocycles. The summed E-state index contributed by atoms with van der Waals surface area (Å²) in [5, 5.41) is 14.1. The molecular weight excluding hydrogens is 412 g/mol. The van der Waals surface area contributed by atoms with Crippen LogP contribution in [0.1, 0.15) is 41.5 Å². The molecule has 1 aromatic carbocycles. The van der Waals surface area contributed by atoms with Crippen molar-refractivity contribution in [1.29, 1.82) is 0 Å². The monoisotopic (exact) mass is 440 g/mol. The van der Waals surface area contributed by atoms with Crippen LogP contribution in [0, 0.1) is 12.3 Å². The van der Waals surface area contributed by atoms with Crippen molar-refractivity contribution in [2.75, 3.05) is 18.0 Å². The Kier molecular flexibility index (Phi) is 4.71. The van der Waals surface area contributed by atoms with Crippen molar-refractivity contribution in [3.05, 3.63) is 77.4 Å². The molecule has 0 amide bonds. The molecule has 33 heavy (non-hydrogen) atoms. The lowest BCUT2D eigenvalue weighted by molar-refractivity contribution is 0.186. The second-order valence-electron chi connectivity index (χ2n) is 9.36. The first kappa shape index (κ1) is 20.3. The van der Waals surface area contributed by atoms with Crippen LogP contribution in [0.15, 0.2) is 54.7 Å². The van der Waals surface area contributed by atoms with E-state index < -0.39 is 0 Å². The topological polar surface area (TPSA) is 92.6 Å². The van der Waals surface area contributed by atoms with E-state index in [0.717, 1.165) is 77.6 Å². The van der Waals surface area contributed by atoms with E-state index in [-0.39, 0.29) is 18.1 Å². The SMILES string of the molecule is Cc1nc(N2CCC3(CC2)Cc2nc(CO)ccc2[C@H]3N)c2ccnn2c1-c1ccccc1. The highest BCUT2D eigenvalue weighted by atomic mass is 16.3. The highest BCUT2D eigenvalue weighted by molar-refractivity contribution is 5.75. The van der Waals surface area contributed by atoms with Gasteiger partial charge in [0.2, 0.25) is 0 Å². The standard InChI is InChI=1S/C26H28N6O/c1-17-23(18-5-3-2-4-6-18)32-22(9-12-28-32)25(29-17)31-13-10-26(11-14-31)15-21-20(24(26)27)8-7-19(16-33)30-21/h2-9,12,24,33H,10-11,13-16,27H2,1H3/t24-/m1/s1. The molecule has 168 valence electrons. The summed E-state index contributed by atoms with van der Waals surface area (Å²) in [6, 6.07) is 16.3. The smallest absolute Gasteiger partial charge is 0.155 e. The van der Waals surface area contributed by atoms with Gasteiger partial charge in [0.15, 0.2) is 5.82 Å². The average molecular weight is 441 g/mol. The molecule has 6 rings (SSSR count). The number of fused-ring (bicyclic) bond motifs is 2. The number of pyridine rings is 1. The first-order valence-electron chi connectivity index (χ1n) is 11.6. The van der Waals surface area contributed by atoms with Crippen molar-refractivity contribution < 1.29 is 5.11 Å². The summed E-state index contributed by atoms with van der Waals surface area (Å²) in [7, 11) is 0. The Morgan fingerprint density at radius 3 is 2.61 bits per heavy atom. The lowest BCUT2D eigenvalue weighted by Gasteiger charge is -2.42. The lowest BCUT2D eigenvalue weighted by atomic mass is 9.73. The van der Waals surface area contributed by atoms with Crippen molar-refractivity contribution in [1.82, 2.24) is 19.6 Å². The van der Waals surface area contributed by atoms with Gasteiger partial charge in [-0.15, -0.1) is 0 Å². The van der Waals surface area contributed by atoms with Gasteiger partial charge in [0, 0.05) is 30.4 Å². The maximum atomic E-state index is 9.47. The van der Waals surface area contributed by atoms with Gasteiger partial charge in [0.25, 0.3) is 0 Å². The number of aliphatic hydroxyl groups excluding tert-OH is 1. The maximum absolute atomic E-state index is 9.47. The van der Waals surface area contributed by atoms with E-state index in [9.17, 15) is 5.11 Å². The molecule has 1 atom stereocenters. The third kappa shape index (κ3) is 3.14. The Morgan fingerprint density at radius 1 is 1.06 bits per heavy atom. The summed E-state index contributed by atoms with van der Waals surface area (Å²) in [6.07, 6.45) is 4.71. The molecule has 1 aliphatic carbocycles. The zero-order chi connectivity index (χ0) is 22.6. The summed E-state index contributed by atoms with van der Waals surface area (Å²) in [5.41, 5.74) is 13.9. The number of nitrogens with zero attached hydrogens (tertiary/aromatic N) is 5. The van der Waals surface area contributed by atoms with Gasteiger partial charge in [-0.1, -0.05) is 36.4 Å². The third-order valence-corrected chi connectivity index (χ3v) is 7.55. The Balaban J connectivity index is 1.30. The van der Waals surface area contributed by atoms with Crippen molar-refractivity contribution in [3.63, 3.8) is 0 Å². The van der Waals surface area contributed by atoms with E-state index in [1.165, 1.54) is 0 Å². The number of rotatable bonds is 3. The normalized spacial score (nSPS) is 19.4. The summed E-state index contributed by atoms with van der Waals surface area (Å²) in [6.45, 7) is 3.82. The molecule has 1 fully saturated rings. The Hall–Kier alpha value is -3.29. The van der Waals surface area contributed by atoms with Crippen LogP contribution in [0.4, 0.5) is 5.82 Å². The number of aryl methyl sites for hydroxylation is 1. The summed E-state index contributed by atoms with van der Waals surface area (Å²) in [4.78, 5) is 12.1. The molecule has 4 aromatic rings. The number of nitrogens with two attached hydrogens (primary N) is 1. The van der Waals surface area contributed by atoms with Crippen molar-refractivity contribution >= 4 is 11.3 Å². The van der Waals surface area contributed by atoms with E-state index in [0.29, 0.717) is 0 Å². The van der Waals surface area contributed by atoms with Crippen LogP contribution < -0.4 is 10.6 Å². The van der Waals surface area contributed by atoms with Gasteiger partial charge in [-0.3, -0.25) is 4.98 Å². The third-order valence-electron chi connectivity index (χ3n) is 7.55. The summed E-state index contributed by atoms with van der Waals surface area (Å²) >= 11 is 0. The molecule has 7 nitrogen and oxygen atoms in total. The fraction of sp³-hybridized carbons (Fsp3) is 0.346. The summed E-state index contributed by atoms with van der Waals surface area (Å²) in [5.74, 6) is 0.990. The Morgan fingerprint density at radius 2 is 1.85 bits per heavy atom. The van der Waals surface area contributed by atoms with Crippen LogP contribution in [0.25, 0.3) is 16.8 Å². The molecule has 7 heteroatoms. The zero-order valence-corrected chi connectivity index (χ0v) is 18.8. The second kappa shape index (κ2) is 7.64. The van der Waals surface area contributed by atoms with E-state index in [4.69, 9.17) is 10.7 Å². The minimum atomic E-state index is -0.0331. The molecule has 2 aliphatic rings. The number of aromatic nitrogens is 4. The van der Waals surface area contributed by atoms with Crippen LogP contribution in [0.3, 0.4) is 0 Å². The van der Waals surface area contributed by atoms with Crippen molar-refractivity contribution in [2.24, 2.45) is 11.1 Å². The van der Waals surface area contributed by atoms with Crippen LogP contribution >= 0.6 is 0 Å². The van der Waals surface area contributed by atoms with Gasteiger partial charge >= 0.3 is 0 Å². The number of aliphatic hydroxyl groups is 1. The van der Waals surface area contributed by atoms with Gasteiger partial charge in [0.1, 0.15) is 5.52 Å². The highest BCUT2D eigenvalue weighted by Gasteiger charge is 2.47.